The van der Waals surface area contributed by atoms with Crippen LogP contribution in [0.2, 0.25) is 0 Å². The van der Waals surface area contributed by atoms with Crippen molar-refractivity contribution in [2.24, 2.45) is 0 Å². The molecule has 0 aliphatic heterocycles. The molecular formula is C8H9N3O3. The van der Waals surface area contributed by atoms with Gasteiger partial charge in [-0.3, -0.25) is 4.79 Å². The molecule has 0 radical (unpaired) electrons. The fourth-order valence-electron chi connectivity index (χ4n) is 0.771. The van der Waals surface area contributed by atoms with Crippen molar-refractivity contribution in [2.75, 3.05) is 0 Å². The average Bonchev–Trinajstić information content (AvgIpc) is 2.63. The summed E-state index contributed by atoms with van der Waals surface area (Å²) in [5.74, 6) is -1.01. The minimum absolute atomic E-state index is 0.246. The van der Waals surface area contributed by atoms with Gasteiger partial charge in [-0.05, 0) is 0 Å². The highest BCUT2D eigenvalue weighted by Crippen LogP contribution is 1.86. The third-order valence-corrected chi connectivity index (χ3v) is 1.36. The van der Waals surface area contributed by atoms with E-state index < -0.39 is 11.9 Å². The Balaban J connectivity index is 2.32. The number of H-pyrrole nitrogens is 1. The topological polar surface area (TPSA) is 95.1 Å². The maximum Gasteiger partial charge on any atom is 0.328 e. The molecule has 0 fully saturated rings. The molecule has 0 atom stereocenters. The molecule has 0 aliphatic carbocycles. The van der Waals surface area contributed by atoms with Crippen LogP contribution in [0.4, 0.5) is 0 Å². The van der Waals surface area contributed by atoms with Crippen molar-refractivity contribution in [1.82, 2.24) is 15.3 Å². The maximum absolute atomic E-state index is 10.9. The molecule has 0 unspecified atom stereocenters. The van der Waals surface area contributed by atoms with Crippen LogP contribution in [0.1, 0.15) is 5.82 Å². The van der Waals surface area contributed by atoms with E-state index in [-0.39, 0.29) is 6.54 Å². The third-order valence-electron chi connectivity index (χ3n) is 1.36. The number of rotatable bonds is 4. The maximum atomic E-state index is 10.9. The number of carbonyl (C=O) groups is 2. The van der Waals surface area contributed by atoms with Gasteiger partial charge in [-0.25, -0.2) is 9.78 Å². The number of hydrogen-bond acceptors (Lipinski definition) is 3. The van der Waals surface area contributed by atoms with Gasteiger partial charge < -0.3 is 15.4 Å². The van der Waals surface area contributed by atoms with E-state index in [0.29, 0.717) is 5.82 Å². The van der Waals surface area contributed by atoms with Crippen LogP contribution < -0.4 is 5.32 Å². The van der Waals surface area contributed by atoms with E-state index in [0.717, 1.165) is 12.2 Å². The van der Waals surface area contributed by atoms with Gasteiger partial charge in [-0.2, -0.15) is 0 Å². The highest BCUT2D eigenvalue weighted by molar-refractivity contribution is 5.93. The zero-order valence-corrected chi connectivity index (χ0v) is 7.23. The van der Waals surface area contributed by atoms with Crippen LogP contribution in [0.15, 0.2) is 24.5 Å². The minimum atomic E-state index is -1.15. The van der Waals surface area contributed by atoms with Gasteiger partial charge in [0.2, 0.25) is 5.91 Å². The van der Waals surface area contributed by atoms with Gasteiger partial charge in [0.25, 0.3) is 0 Å². The van der Waals surface area contributed by atoms with Gasteiger partial charge in [-0.1, -0.05) is 0 Å². The number of hydrogen-bond donors (Lipinski definition) is 3. The number of imidazole rings is 1. The lowest BCUT2D eigenvalue weighted by atomic mass is 10.4. The fourth-order valence-corrected chi connectivity index (χ4v) is 0.771. The van der Waals surface area contributed by atoms with Gasteiger partial charge in [0, 0.05) is 24.5 Å². The Kier molecular flexibility index (Phi) is 3.42. The van der Waals surface area contributed by atoms with Gasteiger partial charge in [-0.15, -0.1) is 0 Å². The Morgan fingerprint density at radius 3 is 2.93 bits per heavy atom. The molecule has 1 aromatic rings. The predicted molar refractivity (Wildman–Crippen MR) is 47.2 cm³/mol. The van der Waals surface area contributed by atoms with E-state index in [1.54, 1.807) is 12.4 Å². The number of amides is 1. The lowest BCUT2D eigenvalue weighted by Gasteiger charge is -1.97. The quantitative estimate of drug-likeness (QED) is 0.573. The summed E-state index contributed by atoms with van der Waals surface area (Å²) in [6, 6.07) is 0. The zero-order valence-electron chi connectivity index (χ0n) is 7.23. The molecule has 0 aliphatic rings. The summed E-state index contributed by atoms with van der Waals surface area (Å²) < 4.78 is 0. The van der Waals surface area contributed by atoms with E-state index in [4.69, 9.17) is 5.11 Å². The van der Waals surface area contributed by atoms with Crippen molar-refractivity contribution in [3.63, 3.8) is 0 Å². The molecule has 0 spiro atoms. The van der Waals surface area contributed by atoms with Gasteiger partial charge in [0.15, 0.2) is 0 Å². The van der Waals surface area contributed by atoms with Gasteiger partial charge in [0.05, 0.1) is 6.54 Å². The molecule has 74 valence electrons. The van der Waals surface area contributed by atoms with Gasteiger partial charge in [0.1, 0.15) is 5.82 Å². The van der Waals surface area contributed by atoms with Crippen LogP contribution >= 0.6 is 0 Å². The van der Waals surface area contributed by atoms with Crippen molar-refractivity contribution in [2.45, 2.75) is 6.54 Å². The fraction of sp³-hybridized carbons (Fsp3) is 0.125. The molecule has 6 nitrogen and oxygen atoms in total. The molecule has 3 N–H and O–H groups in total. The van der Waals surface area contributed by atoms with E-state index in [9.17, 15) is 9.59 Å². The van der Waals surface area contributed by atoms with Gasteiger partial charge >= 0.3 is 5.97 Å². The van der Waals surface area contributed by atoms with Crippen LogP contribution in [0, 0.1) is 0 Å². The monoisotopic (exact) mass is 195 g/mol. The summed E-state index contributed by atoms with van der Waals surface area (Å²) in [5, 5.41) is 10.7. The first kappa shape index (κ1) is 9.97. The average molecular weight is 195 g/mol. The highest BCUT2D eigenvalue weighted by Gasteiger charge is 1.98. The Hall–Kier alpha value is -2.11. The molecule has 1 rings (SSSR count). The number of carboxylic acids is 1. The number of nitrogens with zero attached hydrogens (tertiary/aromatic N) is 1. The first-order valence-electron chi connectivity index (χ1n) is 3.85. The Morgan fingerprint density at radius 1 is 1.57 bits per heavy atom. The number of carbonyl (C=O) groups excluding carboxylic acids is 1. The van der Waals surface area contributed by atoms with E-state index in [1.165, 1.54) is 0 Å². The molecule has 14 heavy (non-hydrogen) atoms. The molecule has 0 bridgehead atoms. The zero-order chi connectivity index (χ0) is 10.4. The first-order chi connectivity index (χ1) is 6.68. The highest BCUT2D eigenvalue weighted by atomic mass is 16.4. The summed E-state index contributed by atoms with van der Waals surface area (Å²) in [7, 11) is 0. The molecule has 0 saturated carbocycles. The summed E-state index contributed by atoms with van der Waals surface area (Å²) in [4.78, 5) is 27.7. The molecule has 1 aromatic heterocycles. The Morgan fingerprint density at radius 2 is 2.36 bits per heavy atom. The normalized spacial score (nSPS) is 10.3. The van der Waals surface area contributed by atoms with E-state index in [2.05, 4.69) is 15.3 Å². The molecule has 0 saturated heterocycles. The third kappa shape index (κ3) is 3.53. The number of aromatic nitrogens is 2. The number of aromatic amines is 1. The van der Waals surface area contributed by atoms with Crippen LogP contribution in [0.3, 0.4) is 0 Å². The van der Waals surface area contributed by atoms with Crippen molar-refractivity contribution < 1.29 is 14.7 Å². The lowest BCUT2D eigenvalue weighted by molar-refractivity contribution is -0.131. The standard InChI is InChI=1S/C8H9N3O3/c12-7(1-2-8(13)14)11-5-6-9-3-4-10-6/h1-4H,5H2,(H,9,10)(H,11,12)(H,13,14). The first-order valence-corrected chi connectivity index (χ1v) is 3.85. The molecule has 6 heteroatoms. The van der Waals surface area contributed by atoms with E-state index in [1.807, 2.05) is 0 Å². The molecule has 1 heterocycles. The van der Waals surface area contributed by atoms with Crippen LogP contribution in [-0.4, -0.2) is 27.0 Å². The molecular weight excluding hydrogens is 186 g/mol. The van der Waals surface area contributed by atoms with Crippen LogP contribution in [0.5, 0.6) is 0 Å². The van der Waals surface area contributed by atoms with Crippen molar-refractivity contribution in [3.05, 3.63) is 30.4 Å². The SMILES string of the molecule is O=C(O)C=CC(=O)NCc1ncc[nH]1. The number of carboxylic acid groups (broad SMARTS) is 1. The molecule has 0 aromatic carbocycles. The van der Waals surface area contributed by atoms with E-state index >= 15 is 0 Å². The number of aliphatic carboxylic acids is 1. The lowest BCUT2D eigenvalue weighted by Crippen LogP contribution is -2.21. The summed E-state index contributed by atoms with van der Waals surface area (Å²) in [6.45, 7) is 0.246. The largest absolute Gasteiger partial charge is 0.478 e. The second kappa shape index (κ2) is 4.80. The van der Waals surface area contributed by atoms with Crippen LogP contribution in [0.25, 0.3) is 0 Å². The predicted octanol–water partition coefficient (Wildman–Crippen LogP) is -0.333. The van der Waals surface area contributed by atoms with Crippen molar-refractivity contribution in [1.29, 1.82) is 0 Å². The second-order valence-corrected chi connectivity index (χ2v) is 2.43. The van der Waals surface area contributed by atoms with Crippen molar-refractivity contribution >= 4 is 11.9 Å². The Labute approximate surface area is 79.7 Å². The summed E-state index contributed by atoms with van der Waals surface area (Å²) in [5.41, 5.74) is 0. The van der Waals surface area contributed by atoms with Crippen molar-refractivity contribution in [3.8, 4) is 0 Å². The smallest absolute Gasteiger partial charge is 0.328 e. The minimum Gasteiger partial charge on any atom is -0.478 e. The summed E-state index contributed by atoms with van der Waals surface area (Å²) in [6.07, 6.45) is 4.92. The van der Waals surface area contributed by atoms with Crippen LogP contribution in [-0.2, 0) is 16.1 Å². The molecule has 1 amide bonds. The summed E-state index contributed by atoms with van der Waals surface area (Å²) >= 11 is 0. The number of nitrogens with one attached hydrogen (secondary N) is 2. The second-order valence-electron chi connectivity index (χ2n) is 2.43. The Bertz CT molecular complexity index is 343.